The summed E-state index contributed by atoms with van der Waals surface area (Å²) < 4.78 is 11.2. The van der Waals surface area contributed by atoms with Crippen molar-refractivity contribution in [2.75, 3.05) is 12.2 Å². The Morgan fingerprint density at radius 1 is 1.50 bits per heavy atom. The van der Waals surface area contributed by atoms with Crippen molar-refractivity contribution in [3.63, 3.8) is 0 Å². The number of carbonyl (C=O) groups is 1. The van der Waals surface area contributed by atoms with Crippen molar-refractivity contribution in [3.8, 4) is 11.9 Å². The molecule has 0 radical (unpaired) electrons. The molecule has 8 heteroatoms. The fourth-order valence-electron chi connectivity index (χ4n) is 2.24. The maximum atomic E-state index is 11.6. The number of hydrogen-bond acceptors (Lipinski definition) is 5. The van der Waals surface area contributed by atoms with Gasteiger partial charge < -0.3 is 10.5 Å². The number of nitriles is 1. The van der Waals surface area contributed by atoms with E-state index in [0.29, 0.717) is 23.6 Å². The molecule has 0 aliphatic carbocycles. The van der Waals surface area contributed by atoms with Crippen LogP contribution in [0.1, 0.15) is 31.3 Å². The molecule has 0 saturated heterocycles. The van der Waals surface area contributed by atoms with Gasteiger partial charge in [0.05, 0.1) is 5.52 Å². The molecule has 2 aromatic rings. The van der Waals surface area contributed by atoms with Gasteiger partial charge in [-0.25, -0.2) is 0 Å². The van der Waals surface area contributed by atoms with Crippen LogP contribution in [0.5, 0.6) is 5.75 Å². The lowest BCUT2D eigenvalue weighted by Crippen LogP contribution is -2.18. The Kier molecular flexibility index (Phi) is 5.24. The van der Waals surface area contributed by atoms with Crippen LogP contribution in [0.25, 0.3) is 10.9 Å². The number of carbonyl (C=O) groups excluding carboxylic acids is 1. The molecule has 0 aliphatic rings. The van der Waals surface area contributed by atoms with Crippen molar-refractivity contribution in [2.24, 2.45) is 15.5 Å². The second kappa shape index (κ2) is 7.01. The van der Waals surface area contributed by atoms with Crippen molar-refractivity contribution in [2.45, 2.75) is 27.3 Å². The molecule has 1 atom stereocenters. The van der Waals surface area contributed by atoms with Crippen molar-refractivity contribution < 1.29 is 9.53 Å². The summed E-state index contributed by atoms with van der Waals surface area (Å²) in [4.78, 5) is 11.6. The van der Waals surface area contributed by atoms with Crippen molar-refractivity contribution in [3.05, 3.63) is 23.9 Å². The molecular formula is C16H21N5O2S. The predicted octanol–water partition coefficient (Wildman–Crippen LogP) is 2.43. The van der Waals surface area contributed by atoms with Gasteiger partial charge in [0.15, 0.2) is 5.69 Å². The summed E-state index contributed by atoms with van der Waals surface area (Å²) >= 11 is 0. The van der Waals surface area contributed by atoms with Crippen molar-refractivity contribution >= 4 is 27.5 Å². The Morgan fingerprint density at radius 2 is 2.21 bits per heavy atom. The first-order valence-corrected chi connectivity index (χ1v) is 9.13. The van der Waals surface area contributed by atoms with Crippen LogP contribution in [0.3, 0.4) is 0 Å². The summed E-state index contributed by atoms with van der Waals surface area (Å²) in [6, 6.07) is 5.39. The smallest absolute Gasteiger partial charge is 0.269 e. The lowest BCUT2D eigenvalue weighted by atomic mass is 9.97. The van der Waals surface area contributed by atoms with Crippen LogP contribution in [0.15, 0.2) is 22.6 Å². The monoisotopic (exact) mass is 347 g/mol. The van der Waals surface area contributed by atoms with Gasteiger partial charge in [-0.2, -0.15) is 10.4 Å². The second-order valence-electron chi connectivity index (χ2n) is 6.66. The van der Waals surface area contributed by atoms with E-state index in [0.717, 1.165) is 5.52 Å². The Hall–Kier alpha value is -2.40. The molecule has 1 heterocycles. The van der Waals surface area contributed by atoms with Crippen molar-refractivity contribution in [1.29, 1.82) is 5.26 Å². The minimum Gasteiger partial charge on any atom is -0.482 e. The zero-order valence-electron chi connectivity index (χ0n) is 14.2. The molecule has 0 spiro atoms. The van der Waals surface area contributed by atoms with E-state index in [9.17, 15) is 4.79 Å². The average molecular weight is 347 g/mol. The number of fused-ring (bicyclic) bond motifs is 1. The number of primary amides is 1. The zero-order chi connectivity index (χ0) is 17.9. The van der Waals surface area contributed by atoms with Crippen LogP contribution >= 0.6 is 0 Å². The van der Waals surface area contributed by atoms with E-state index in [4.69, 9.17) is 15.7 Å². The quantitative estimate of drug-likeness (QED) is 0.838. The molecule has 1 unspecified atom stereocenters. The van der Waals surface area contributed by atoms with Gasteiger partial charge in [0.2, 0.25) is 6.19 Å². The maximum Gasteiger partial charge on any atom is 0.269 e. The van der Waals surface area contributed by atoms with E-state index >= 15 is 0 Å². The van der Waals surface area contributed by atoms with Gasteiger partial charge in [0, 0.05) is 18.0 Å². The number of nitrogens with two attached hydrogens (primary N) is 1. The fourth-order valence-corrected chi connectivity index (χ4v) is 2.74. The molecule has 0 fully saturated rings. The maximum absolute atomic E-state index is 11.6. The van der Waals surface area contributed by atoms with E-state index in [1.807, 2.05) is 12.3 Å². The highest BCUT2D eigenvalue weighted by Crippen LogP contribution is 2.27. The summed E-state index contributed by atoms with van der Waals surface area (Å²) in [5, 5.41) is 13.6. The number of hydrogen-bond donors (Lipinski definition) is 1. The molecule has 24 heavy (non-hydrogen) atoms. The number of ether oxygens (including phenoxy) is 1. The van der Waals surface area contributed by atoms with Crippen molar-refractivity contribution in [1.82, 2.24) is 9.78 Å². The second-order valence-corrected chi connectivity index (χ2v) is 8.28. The summed E-state index contributed by atoms with van der Waals surface area (Å²) in [6.45, 7) is 6.92. The van der Waals surface area contributed by atoms with Gasteiger partial charge in [-0.05, 0) is 34.5 Å². The Labute approximate surface area is 143 Å². The molecule has 7 nitrogen and oxygen atoms in total. The first kappa shape index (κ1) is 17.9. The molecule has 1 aromatic heterocycles. The lowest BCUT2D eigenvalue weighted by Gasteiger charge is -2.18. The zero-order valence-corrected chi connectivity index (χ0v) is 15.1. The molecule has 0 saturated carbocycles. The highest BCUT2D eigenvalue weighted by molar-refractivity contribution is 7.86. The highest BCUT2D eigenvalue weighted by Gasteiger charge is 2.19. The third-order valence-corrected chi connectivity index (χ3v) is 4.03. The summed E-state index contributed by atoms with van der Waals surface area (Å²) in [7, 11) is -0.482. The standard InChI is InChI=1S/C16H21N5O2S/c1-16(2,3)8-21-13-7-11(23-10-24(4)19-9-17)5-6-12(13)14(20-21)15(18)22/h5-7H,8,10H2,1-4H3,(H2,18,22). The number of benzene rings is 1. The summed E-state index contributed by atoms with van der Waals surface area (Å²) in [5.41, 5.74) is 6.49. The summed E-state index contributed by atoms with van der Waals surface area (Å²) in [5.74, 6) is 0.417. The topological polar surface area (TPSA) is 106 Å². The van der Waals surface area contributed by atoms with Gasteiger partial charge in [-0.15, -0.1) is 4.36 Å². The SMILES string of the molecule is CS(COc1ccc2c(C(N)=O)nn(CC(C)(C)C)c2c1)=NC#N. The molecule has 2 rings (SSSR count). The van der Waals surface area contributed by atoms with Crippen LogP contribution < -0.4 is 10.5 Å². The van der Waals surface area contributed by atoms with Crippen LogP contribution in [0, 0.1) is 16.9 Å². The normalized spacial score (nSPS) is 13.0. The van der Waals surface area contributed by atoms with Gasteiger partial charge in [0.1, 0.15) is 11.7 Å². The van der Waals surface area contributed by atoms with E-state index in [1.54, 1.807) is 23.0 Å². The van der Waals surface area contributed by atoms with E-state index in [1.165, 1.54) is 0 Å². The van der Waals surface area contributed by atoms with E-state index < -0.39 is 16.6 Å². The highest BCUT2D eigenvalue weighted by atomic mass is 32.2. The number of amides is 1. The largest absolute Gasteiger partial charge is 0.482 e. The first-order chi connectivity index (χ1) is 11.2. The molecular weight excluding hydrogens is 326 g/mol. The minimum absolute atomic E-state index is 0.00764. The lowest BCUT2D eigenvalue weighted by molar-refractivity contribution is 0.0995. The van der Waals surface area contributed by atoms with E-state index in [-0.39, 0.29) is 11.1 Å². The Bertz CT molecular complexity index is 842. The molecule has 1 amide bonds. The average Bonchev–Trinajstić information content (AvgIpc) is 2.82. The first-order valence-electron chi connectivity index (χ1n) is 7.37. The third kappa shape index (κ3) is 4.32. The molecule has 2 N–H and O–H groups in total. The predicted molar refractivity (Wildman–Crippen MR) is 94.5 cm³/mol. The summed E-state index contributed by atoms with van der Waals surface area (Å²) in [6.07, 6.45) is 3.61. The Balaban J connectivity index is 2.42. The molecule has 1 aromatic carbocycles. The molecule has 0 bridgehead atoms. The third-order valence-electron chi connectivity index (χ3n) is 3.17. The van der Waals surface area contributed by atoms with E-state index in [2.05, 4.69) is 30.2 Å². The Morgan fingerprint density at radius 3 is 2.79 bits per heavy atom. The van der Waals surface area contributed by atoms with Gasteiger partial charge in [0.25, 0.3) is 5.91 Å². The molecule has 0 aliphatic heterocycles. The van der Waals surface area contributed by atoms with Crippen LogP contribution in [-0.2, 0) is 17.2 Å². The number of nitrogens with zero attached hydrogens (tertiary/aromatic N) is 4. The van der Waals surface area contributed by atoms with Crippen LogP contribution in [-0.4, -0.2) is 27.9 Å². The van der Waals surface area contributed by atoms with Gasteiger partial charge in [-0.3, -0.25) is 9.48 Å². The van der Waals surface area contributed by atoms with Crippen LogP contribution in [0.2, 0.25) is 0 Å². The van der Waals surface area contributed by atoms with Gasteiger partial charge >= 0.3 is 0 Å². The number of aromatic nitrogens is 2. The fraction of sp³-hybridized carbons (Fsp3) is 0.438. The van der Waals surface area contributed by atoms with Crippen LogP contribution in [0.4, 0.5) is 0 Å². The molecule has 128 valence electrons. The van der Waals surface area contributed by atoms with Gasteiger partial charge in [-0.1, -0.05) is 20.8 Å². The minimum atomic E-state index is -0.552. The number of rotatable bonds is 5.